The van der Waals surface area contributed by atoms with Crippen molar-refractivity contribution >= 4 is 29.4 Å². The maximum absolute atomic E-state index is 13.8. The zero-order chi connectivity index (χ0) is 32.6. The van der Waals surface area contributed by atoms with Gasteiger partial charge in [-0.2, -0.15) is 5.10 Å². The standard InChI is InChI=1S/C32H40N10O4/c1-21(2)28-29-35-22(3)39-42(29)20-27(44)33-13-8-16-40(31(46)25-19-41-17-9-14-34-32(41)37-25)15-7-12-26(43)36-24(30(45)38-28)18-23-10-5-4-6-11-23/h4-6,9-11,14,17,19,21,24,28H,7-8,12-13,15-16,18,20H2,1-3H3,(H,33,44)(H,36,43)(H,38,45)/t24-,28+/m1/s1. The van der Waals surface area contributed by atoms with Crippen LogP contribution in [0.5, 0.6) is 0 Å². The molecule has 0 fully saturated rings. The van der Waals surface area contributed by atoms with Gasteiger partial charge in [0.2, 0.25) is 23.5 Å². The maximum atomic E-state index is 13.8. The fourth-order valence-corrected chi connectivity index (χ4v) is 5.46. The van der Waals surface area contributed by atoms with Crippen LogP contribution in [0.2, 0.25) is 0 Å². The monoisotopic (exact) mass is 628 g/mol. The van der Waals surface area contributed by atoms with Crippen molar-refractivity contribution in [3.63, 3.8) is 0 Å². The molecule has 0 radical (unpaired) electrons. The first-order chi connectivity index (χ1) is 22.2. The Morgan fingerprint density at radius 2 is 1.78 bits per heavy atom. The van der Waals surface area contributed by atoms with Crippen molar-refractivity contribution in [2.75, 3.05) is 19.6 Å². The Morgan fingerprint density at radius 3 is 2.54 bits per heavy atom. The van der Waals surface area contributed by atoms with Gasteiger partial charge in [-0.15, -0.1) is 0 Å². The van der Waals surface area contributed by atoms with Crippen molar-refractivity contribution in [3.05, 3.63) is 77.9 Å². The van der Waals surface area contributed by atoms with Crippen molar-refractivity contribution in [1.82, 2.24) is 50.0 Å². The summed E-state index contributed by atoms with van der Waals surface area (Å²) in [6, 6.07) is 9.80. The van der Waals surface area contributed by atoms with Gasteiger partial charge in [0.25, 0.3) is 5.91 Å². The van der Waals surface area contributed by atoms with Crippen molar-refractivity contribution in [1.29, 1.82) is 0 Å². The maximum Gasteiger partial charge on any atom is 0.274 e. The van der Waals surface area contributed by atoms with Crippen LogP contribution in [-0.2, 0) is 27.3 Å². The average Bonchev–Trinajstić information content (AvgIpc) is 3.63. The SMILES string of the molecule is Cc1nc2n(n1)CC(=O)NCCCN(C(=O)c1cn3cccnc3n1)CCCC(=O)N[C@H](Cc1ccccc1)C(=O)N[C@H]2C(C)C. The number of aromatic nitrogens is 6. The number of hydrogen-bond donors (Lipinski definition) is 3. The van der Waals surface area contributed by atoms with Crippen LogP contribution in [0.25, 0.3) is 5.78 Å². The predicted molar refractivity (Wildman–Crippen MR) is 168 cm³/mol. The van der Waals surface area contributed by atoms with Crippen molar-refractivity contribution < 1.29 is 19.2 Å². The molecule has 0 saturated carbocycles. The predicted octanol–water partition coefficient (Wildman–Crippen LogP) is 1.61. The fourth-order valence-electron chi connectivity index (χ4n) is 5.46. The Hall–Kier alpha value is -5.14. The lowest BCUT2D eigenvalue weighted by atomic mass is 10.0. The molecule has 2 atom stereocenters. The molecule has 14 nitrogen and oxygen atoms in total. The second kappa shape index (κ2) is 14.8. The van der Waals surface area contributed by atoms with Gasteiger partial charge >= 0.3 is 0 Å². The molecule has 0 aliphatic carbocycles. The van der Waals surface area contributed by atoms with Crippen LogP contribution >= 0.6 is 0 Å². The normalized spacial score (nSPS) is 19.1. The lowest BCUT2D eigenvalue weighted by Crippen LogP contribution is -2.50. The number of carbonyl (C=O) groups excluding carboxylic acids is 4. The smallest absolute Gasteiger partial charge is 0.274 e. The number of nitrogens with zero attached hydrogens (tertiary/aromatic N) is 7. The van der Waals surface area contributed by atoms with E-state index in [4.69, 9.17) is 0 Å². The lowest BCUT2D eigenvalue weighted by molar-refractivity contribution is -0.129. The van der Waals surface area contributed by atoms with E-state index in [1.54, 1.807) is 40.9 Å². The summed E-state index contributed by atoms with van der Waals surface area (Å²) in [4.78, 5) is 68.3. The summed E-state index contributed by atoms with van der Waals surface area (Å²) in [5.41, 5.74) is 1.13. The number of rotatable bonds is 4. The summed E-state index contributed by atoms with van der Waals surface area (Å²) >= 11 is 0. The largest absolute Gasteiger partial charge is 0.354 e. The Balaban J connectivity index is 1.40. The summed E-state index contributed by atoms with van der Waals surface area (Å²) < 4.78 is 3.18. The quantitative estimate of drug-likeness (QED) is 0.306. The Bertz CT molecular complexity index is 1650. The van der Waals surface area contributed by atoms with Crippen LogP contribution in [0.4, 0.5) is 0 Å². The first-order valence-corrected chi connectivity index (χ1v) is 15.6. The molecule has 0 spiro atoms. The van der Waals surface area contributed by atoms with Crippen molar-refractivity contribution in [3.8, 4) is 0 Å². The molecule has 14 heteroatoms. The van der Waals surface area contributed by atoms with Gasteiger partial charge in [0.1, 0.15) is 24.1 Å². The molecule has 5 rings (SSSR count). The molecule has 4 heterocycles. The number of amides is 4. The highest BCUT2D eigenvalue weighted by atomic mass is 16.2. The van der Waals surface area contributed by atoms with Crippen LogP contribution < -0.4 is 16.0 Å². The van der Waals surface area contributed by atoms with E-state index in [9.17, 15) is 19.2 Å². The van der Waals surface area contributed by atoms with E-state index in [2.05, 4.69) is 36.0 Å². The topological polar surface area (TPSA) is 169 Å². The lowest BCUT2D eigenvalue weighted by Gasteiger charge is -2.26. The van der Waals surface area contributed by atoms with Crippen LogP contribution in [0.1, 0.15) is 66.9 Å². The molecule has 0 bridgehead atoms. The minimum atomic E-state index is -0.862. The Labute approximate surface area is 267 Å². The van der Waals surface area contributed by atoms with E-state index >= 15 is 0 Å². The van der Waals surface area contributed by atoms with E-state index in [-0.39, 0.29) is 61.2 Å². The highest BCUT2D eigenvalue weighted by Crippen LogP contribution is 2.21. The molecule has 1 aliphatic rings. The first-order valence-electron chi connectivity index (χ1n) is 15.6. The molecule has 0 saturated heterocycles. The number of aryl methyl sites for hydroxylation is 1. The highest BCUT2D eigenvalue weighted by molar-refractivity contribution is 5.93. The second-order valence-electron chi connectivity index (χ2n) is 11.8. The van der Waals surface area contributed by atoms with Gasteiger partial charge in [0.15, 0.2) is 5.82 Å². The molecule has 46 heavy (non-hydrogen) atoms. The summed E-state index contributed by atoms with van der Waals surface area (Å²) in [7, 11) is 0. The molecule has 1 aromatic carbocycles. The van der Waals surface area contributed by atoms with Gasteiger partial charge in [0, 0.05) is 51.1 Å². The third-order valence-corrected chi connectivity index (χ3v) is 7.78. The number of benzene rings is 1. The molecule has 0 unspecified atom stereocenters. The van der Waals surface area contributed by atoms with E-state index in [1.807, 2.05) is 44.2 Å². The van der Waals surface area contributed by atoms with Crippen LogP contribution in [0.15, 0.2) is 55.0 Å². The van der Waals surface area contributed by atoms with Gasteiger partial charge in [-0.3, -0.25) is 23.6 Å². The summed E-state index contributed by atoms with van der Waals surface area (Å²) in [5.74, 6) is 0.0267. The van der Waals surface area contributed by atoms with E-state index < -0.39 is 12.1 Å². The second-order valence-corrected chi connectivity index (χ2v) is 11.8. The summed E-state index contributed by atoms with van der Waals surface area (Å²) in [6.07, 6.45) is 6.23. The molecule has 4 aromatic rings. The first kappa shape index (κ1) is 32.3. The Morgan fingerprint density at radius 1 is 1.00 bits per heavy atom. The third kappa shape index (κ3) is 8.11. The van der Waals surface area contributed by atoms with Crippen LogP contribution in [0, 0.1) is 12.8 Å². The van der Waals surface area contributed by atoms with Gasteiger partial charge in [-0.25, -0.2) is 19.6 Å². The molecule has 1 aliphatic heterocycles. The average molecular weight is 629 g/mol. The molecule has 3 N–H and O–H groups in total. The van der Waals surface area contributed by atoms with E-state index in [0.29, 0.717) is 43.4 Å². The van der Waals surface area contributed by atoms with E-state index in [1.165, 1.54) is 4.68 Å². The number of hydrogen-bond acceptors (Lipinski definition) is 8. The number of fused-ring (bicyclic) bond motifs is 2. The molecular formula is C32H40N10O4. The summed E-state index contributed by atoms with van der Waals surface area (Å²) in [5, 5.41) is 13.3. The minimum absolute atomic E-state index is 0.0831. The number of imidazole rings is 1. The fraction of sp³-hybridized carbons (Fsp3) is 0.438. The van der Waals surface area contributed by atoms with Crippen molar-refractivity contribution in [2.45, 2.75) is 65.1 Å². The van der Waals surface area contributed by atoms with Crippen LogP contribution in [-0.4, -0.2) is 83.3 Å². The Kier molecular flexibility index (Phi) is 10.4. The molecular weight excluding hydrogens is 588 g/mol. The van der Waals surface area contributed by atoms with Crippen LogP contribution in [0.3, 0.4) is 0 Å². The molecule has 3 aromatic heterocycles. The minimum Gasteiger partial charge on any atom is -0.354 e. The zero-order valence-electron chi connectivity index (χ0n) is 26.3. The van der Waals surface area contributed by atoms with Gasteiger partial charge in [0.05, 0.1) is 6.04 Å². The van der Waals surface area contributed by atoms with Gasteiger partial charge < -0.3 is 20.9 Å². The number of nitrogens with one attached hydrogen (secondary N) is 3. The zero-order valence-corrected chi connectivity index (χ0v) is 26.3. The van der Waals surface area contributed by atoms with Gasteiger partial charge in [-0.05, 0) is 37.3 Å². The molecule has 4 amide bonds. The van der Waals surface area contributed by atoms with Crippen molar-refractivity contribution in [2.24, 2.45) is 5.92 Å². The van der Waals surface area contributed by atoms with E-state index in [0.717, 1.165) is 5.56 Å². The van der Waals surface area contributed by atoms with Gasteiger partial charge in [-0.1, -0.05) is 44.2 Å². The third-order valence-electron chi connectivity index (χ3n) is 7.78. The highest BCUT2D eigenvalue weighted by Gasteiger charge is 2.30. The summed E-state index contributed by atoms with van der Waals surface area (Å²) in [6.45, 7) is 6.49. The molecule has 242 valence electrons. The number of carbonyl (C=O) groups is 4.